The second-order valence-corrected chi connectivity index (χ2v) is 5.08. The Morgan fingerprint density at radius 2 is 2.35 bits per heavy atom. The van der Waals surface area contributed by atoms with Crippen molar-refractivity contribution in [2.45, 2.75) is 26.3 Å². The molecule has 0 aromatic carbocycles. The average molecular weight is 248 g/mol. The largest absolute Gasteiger partial charge is 0.386 e. The Morgan fingerprint density at radius 3 is 2.88 bits per heavy atom. The van der Waals surface area contributed by atoms with Crippen LogP contribution < -0.4 is 5.73 Å². The molecule has 0 radical (unpaired) electrons. The van der Waals surface area contributed by atoms with Gasteiger partial charge in [-0.25, -0.2) is 0 Å². The van der Waals surface area contributed by atoms with Gasteiger partial charge in [-0.1, -0.05) is 13.8 Å². The van der Waals surface area contributed by atoms with Crippen molar-refractivity contribution < 1.29 is 0 Å². The van der Waals surface area contributed by atoms with Crippen LogP contribution in [-0.4, -0.2) is 15.6 Å². The summed E-state index contributed by atoms with van der Waals surface area (Å²) in [5.41, 5.74) is 8.64. The standard InChI is InChI=1S/C12H16N4S/c1-8(2)11-5-10(9-3-4-17-7-9)15-16(11)6-12(13)14/h3-5,7-8H,6H2,1-2H3,(H3,13,14). The van der Waals surface area contributed by atoms with E-state index in [4.69, 9.17) is 11.1 Å². The Bertz CT molecular complexity index is 511. The molecule has 3 N–H and O–H groups in total. The molecule has 0 saturated heterocycles. The molecule has 0 aliphatic heterocycles. The maximum absolute atomic E-state index is 7.37. The Kier molecular flexibility index (Phi) is 3.28. The summed E-state index contributed by atoms with van der Waals surface area (Å²) in [4.78, 5) is 0. The van der Waals surface area contributed by atoms with Crippen LogP contribution in [0.4, 0.5) is 0 Å². The maximum Gasteiger partial charge on any atom is 0.113 e. The fourth-order valence-electron chi connectivity index (χ4n) is 1.74. The lowest BCUT2D eigenvalue weighted by molar-refractivity contribution is 0.640. The summed E-state index contributed by atoms with van der Waals surface area (Å²) < 4.78 is 1.82. The van der Waals surface area contributed by atoms with Gasteiger partial charge in [-0.15, -0.1) is 0 Å². The predicted octanol–water partition coefficient (Wildman–Crippen LogP) is 2.67. The number of amidine groups is 1. The topological polar surface area (TPSA) is 67.7 Å². The van der Waals surface area contributed by atoms with Gasteiger partial charge < -0.3 is 5.73 Å². The van der Waals surface area contributed by atoms with Crippen LogP contribution in [0.2, 0.25) is 0 Å². The van der Waals surface area contributed by atoms with E-state index in [1.165, 1.54) is 0 Å². The van der Waals surface area contributed by atoms with E-state index in [9.17, 15) is 0 Å². The van der Waals surface area contributed by atoms with Crippen LogP contribution in [0.3, 0.4) is 0 Å². The van der Waals surface area contributed by atoms with Crippen LogP contribution in [0.25, 0.3) is 11.3 Å². The van der Waals surface area contributed by atoms with E-state index < -0.39 is 0 Å². The number of nitrogens with two attached hydrogens (primary N) is 1. The molecule has 0 aliphatic rings. The van der Waals surface area contributed by atoms with Crippen LogP contribution in [0.5, 0.6) is 0 Å². The fourth-order valence-corrected chi connectivity index (χ4v) is 2.38. The summed E-state index contributed by atoms with van der Waals surface area (Å²) in [6.45, 7) is 4.59. The zero-order valence-corrected chi connectivity index (χ0v) is 10.8. The number of hydrogen-bond donors (Lipinski definition) is 2. The number of nitrogens with one attached hydrogen (secondary N) is 1. The molecule has 2 aromatic heterocycles. The molecule has 0 fully saturated rings. The predicted molar refractivity (Wildman–Crippen MR) is 71.5 cm³/mol. The van der Waals surface area contributed by atoms with Crippen molar-refractivity contribution in [2.75, 3.05) is 0 Å². The summed E-state index contributed by atoms with van der Waals surface area (Å²) in [5, 5.41) is 16.0. The Balaban J connectivity index is 2.40. The van der Waals surface area contributed by atoms with Crippen LogP contribution in [0.15, 0.2) is 22.9 Å². The first-order valence-corrected chi connectivity index (χ1v) is 6.45. The van der Waals surface area contributed by atoms with E-state index in [2.05, 4.69) is 36.5 Å². The average Bonchev–Trinajstić information content (AvgIpc) is 2.82. The number of nitrogens with zero attached hydrogens (tertiary/aromatic N) is 2. The Morgan fingerprint density at radius 1 is 1.59 bits per heavy atom. The van der Waals surface area contributed by atoms with E-state index in [-0.39, 0.29) is 5.84 Å². The van der Waals surface area contributed by atoms with Crippen molar-refractivity contribution in [3.63, 3.8) is 0 Å². The molecule has 2 aromatic rings. The monoisotopic (exact) mass is 248 g/mol. The molecule has 17 heavy (non-hydrogen) atoms. The quantitative estimate of drug-likeness (QED) is 0.645. The van der Waals surface area contributed by atoms with Gasteiger partial charge in [0.1, 0.15) is 5.84 Å². The summed E-state index contributed by atoms with van der Waals surface area (Å²) in [7, 11) is 0. The van der Waals surface area contributed by atoms with Crippen molar-refractivity contribution in [2.24, 2.45) is 5.73 Å². The smallest absolute Gasteiger partial charge is 0.113 e. The van der Waals surface area contributed by atoms with E-state index >= 15 is 0 Å². The fraction of sp³-hybridized carbons (Fsp3) is 0.333. The Labute approximate surface area is 105 Å². The molecule has 2 heterocycles. The lowest BCUT2D eigenvalue weighted by Crippen LogP contribution is -2.20. The normalized spacial score (nSPS) is 11.0. The lowest BCUT2D eigenvalue weighted by Gasteiger charge is -2.08. The van der Waals surface area contributed by atoms with Crippen LogP contribution >= 0.6 is 11.3 Å². The zero-order chi connectivity index (χ0) is 12.4. The van der Waals surface area contributed by atoms with Crippen molar-refractivity contribution in [1.82, 2.24) is 9.78 Å². The summed E-state index contributed by atoms with van der Waals surface area (Å²) in [6.07, 6.45) is 0. The second kappa shape index (κ2) is 4.71. The maximum atomic E-state index is 7.37. The Hall–Kier alpha value is -1.62. The molecule has 0 atom stereocenters. The third-order valence-electron chi connectivity index (χ3n) is 2.54. The summed E-state index contributed by atoms with van der Waals surface area (Å²) in [6, 6.07) is 4.13. The molecular formula is C12H16N4S. The van der Waals surface area contributed by atoms with Crippen LogP contribution in [0.1, 0.15) is 25.5 Å². The van der Waals surface area contributed by atoms with Gasteiger partial charge in [0.2, 0.25) is 0 Å². The van der Waals surface area contributed by atoms with Crippen molar-refractivity contribution in [3.8, 4) is 11.3 Å². The highest BCUT2D eigenvalue weighted by molar-refractivity contribution is 7.08. The minimum atomic E-state index is 0.131. The molecule has 5 heteroatoms. The molecule has 90 valence electrons. The number of rotatable bonds is 4. The minimum Gasteiger partial charge on any atom is -0.386 e. The molecule has 0 aliphatic carbocycles. The van der Waals surface area contributed by atoms with Gasteiger partial charge in [0.15, 0.2) is 0 Å². The molecule has 0 spiro atoms. The van der Waals surface area contributed by atoms with E-state index in [1.807, 2.05) is 10.1 Å². The van der Waals surface area contributed by atoms with Gasteiger partial charge in [-0.3, -0.25) is 10.1 Å². The van der Waals surface area contributed by atoms with Gasteiger partial charge in [0.25, 0.3) is 0 Å². The van der Waals surface area contributed by atoms with Crippen molar-refractivity contribution >= 4 is 17.2 Å². The summed E-state index contributed by atoms with van der Waals surface area (Å²) in [5.74, 6) is 0.501. The van der Waals surface area contributed by atoms with Gasteiger partial charge in [0, 0.05) is 16.6 Å². The zero-order valence-electron chi connectivity index (χ0n) is 9.97. The van der Waals surface area contributed by atoms with Gasteiger partial charge in [0.05, 0.1) is 12.2 Å². The molecule has 0 bridgehead atoms. The van der Waals surface area contributed by atoms with Gasteiger partial charge in [-0.2, -0.15) is 16.4 Å². The second-order valence-electron chi connectivity index (χ2n) is 4.30. The molecule has 2 rings (SSSR count). The highest BCUT2D eigenvalue weighted by Gasteiger charge is 2.13. The molecule has 0 unspecified atom stereocenters. The van der Waals surface area contributed by atoms with Gasteiger partial charge >= 0.3 is 0 Å². The first-order valence-electron chi connectivity index (χ1n) is 5.51. The molecule has 4 nitrogen and oxygen atoms in total. The van der Waals surface area contributed by atoms with Crippen LogP contribution in [0, 0.1) is 5.41 Å². The van der Waals surface area contributed by atoms with E-state index in [0.717, 1.165) is 17.0 Å². The first kappa shape index (κ1) is 11.9. The minimum absolute atomic E-state index is 0.131. The number of thiophene rings is 1. The molecule has 0 saturated carbocycles. The molecule has 0 amide bonds. The van der Waals surface area contributed by atoms with E-state index in [1.54, 1.807) is 11.3 Å². The first-order chi connectivity index (χ1) is 8.08. The van der Waals surface area contributed by atoms with Crippen molar-refractivity contribution in [1.29, 1.82) is 5.41 Å². The third-order valence-corrected chi connectivity index (χ3v) is 3.22. The van der Waals surface area contributed by atoms with Crippen LogP contribution in [-0.2, 0) is 6.54 Å². The highest BCUT2D eigenvalue weighted by Crippen LogP contribution is 2.25. The van der Waals surface area contributed by atoms with Gasteiger partial charge in [-0.05, 0) is 23.4 Å². The third kappa shape index (κ3) is 2.55. The molecular weight excluding hydrogens is 232 g/mol. The number of aromatic nitrogens is 2. The SMILES string of the molecule is CC(C)c1cc(-c2ccsc2)nn1CC(=N)N. The van der Waals surface area contributed by atoms with E-state index in [0.29, 0.717) is 12.5 Å². The summed E-state index contributed by atoms with van der Waals surface area (Å²) >= 11 is 1.66. The van der Waals surface area contributed by atoms with Crippen molar-refractivity contribution in [3.05, 3.63) is 28.6 Å². The highest BCUT2D eigenvalue weighted by atomic mass is 32.1. The lowest BCUT2D eigenvalue weighted by atomic mass is 10.1. The number of hydrogen-bond acceptors (Lipinski definition) is 3.